The molecule has 15 heteroatoms. The van der Waals surface area contributed by atoms with Gasteiger partial charge in [0.15, 0.2) is 26.2 Å². The summed E-state index contributed by atoms with van der Waals surface area (Å²) in [6.07, 6.45) is -0.441. The molecule has 0 unspecified atom stereocenters. The molecule has 0 saturated carbocycles. The summed E-state index contributed by atoms with van der Waals surface area (Å²) >= 11 is 3.09. The van der Waals surface area contributed by atoms with Gasteiger partial charge in [0.2, 0.25) is 5.88 Å². The minimum absolute atomic E-state index is 0.0119. The molecule has 2 fully saturated rings. The molecular formula is C22H27F2IN4O6S2. The molecule has 37 heavy (non-hydrogen) atoms. The molecular weight excluding hydrogens is 645 g/mol. The van der Waals surface area contributed by atoms with E-state index < -0.39 is 37.3 Å². The van der Waals surface area contributed by atoms with Gasteiger partial charge in [0, 0.05) is 30.5 Å². The van der Waals surface area contributed by atoms with E-state index in [-0.39, 0.29) is 61.1 Å². The number of rotatable bonds is 9. The third-order valence-corrected chi connectivity index (χ3v) is 8.82. The second-order valence-electron chi connectivity index (χ2n) is 8.90. The van der Waals surface area contributed by atoms with Crippen molar-refractivity contribution in [1.29, 1.82) is 0 Å². The molecule has 0 radical (unpaired) electrons. The zero-order valence-electron chi connectivity index (χ0n) is 20.4. The van der Waals surface area contributed by atoms with Crippen molar-refractivity contribution in [1.82, 2.24) is 14.3 Å². The van der Waals surface area contributed by atoms with Crippen molar-refractivity contribution < 1.29 is 36.1 Å². The van der Waals surface area contributed by atoms with E-state index in [0.29, 0.717) is 0 Å². The fourth-order valence-corrected chi connectivity index (χ4v) is 6.06. The molecule has 2 atom stereocenters. The third-order valence-electron chi connectivity index (χ3n) is 5.50. The summed E-state index contributed by atoms with van der Waals surface area (Å²) in [4.78, 5) is 8.66. The summed E-state index contributed by atoms with van der Waals surface area (Å²) in [5.41, 5.74) is 0.118. The number of anilines is 1. The Hall–Kier alpha value is -1.37. The Balaban J connectivity index is 1.59. The summed E-state index contributed by atoms with van der Waals surface area (Å²) in [6.45, 7) is 6.63. The van der Waals surface area contributed by atoms with E-state index >= 15 is 0 Å². The van der Waals surface area contributed by atoms with Gasteiger partial charge in [-0.1, -0.05) is 23.9 Å². The van der Waals surface area contributed by atoms with Crippen LogP contribution in [0, 0.1) is 11.6 Å². The van der Waals surface area contributed by atoms with Gasteiger partial charge in [-0.25, -0.2) is 13.8 Å². The van der Waals surface area contributed by atoms with Gasteiger partial charge in [-0.15, -0.1) is 0 Å². The Kier molecular flexibility index (Phi) is 8.82. The first-order valence-corrected chi connectivity index (χ1v) is 14.9. The van der Waals surface area contributed by atoms with Crippen LogP contribution in [0.5, 0.6) is 5.88 Å². The molecule has 2 aromatic rings. The Morgan fingerprint density at radius 3 is 2.70 bits per heavy atom. The van der Waals surface area contributed by atoms with Crippen LogP contribution in [0.3, 0.4) is 0 Å². The fourth-order valence-electron chi connectivity index (χ4n) is 3.57. The highest BCUT2D eigenvalue weighted by Crippen LogP contribution is 2.37. The molecule has 0 spiro atoms. The van der Waals surface area contributed by atoms with E-state index in [9.17, 15) is 17.2 Å². The van der Waals surface area contributed by atoms with E-state index in [4.69, 9.17) is 18.9 Å². The van der Waals surface area contributed by atoms with Crippen molar-refractivity contribution in [3.8, 4) is 5.88 Å². The van der Waals surface area contributed by atoms with Gasteiger partial charge in [0.05, 0.1) is 19.8 Å². The molecule has 1 aromatic carbocycles. The first-order chi connectivity index (χ1) is 17.3. The first kappa shape index (κ1) is 28.6. The minimum Gasteiger partial charge on any atom is -0.458 e. The fraction of sp³-hybridized carbons (Fsp3) is 0.545. The maximum Gasteiger partial charge on any atom is 0.302 e. The quantitative estimate of drug-likeness (QED) is 0.185. The first-order valence-electron chi connectivity index (χ1n) is 11.3. The third kappa shape index (κ3) is 7.39. The van der Waals surface area contributed by atoms with Gasteiger partial charge in [-0.3, -0.25) is 4.72 Å². The van der Waals surface area contributed by atoms with Crippen molar-refractivity contribution in [2.24, 2.45) is 0 Å². The highest BCUT2D eigenvalue weighted by Gasteiger charge is 2.45. The largest absolute Gasteiger partial charge is 0.458 e. The molecule has 1 aromatic heterocycles. The van der Waals surface area contributed by atoms with E-state index in [1.807, 2.05) is 0 Å². The maximum absolute atomic E-state index is 14.2. The molecule has 10 nitrogen and oxygen atoms in total. The molecule has 0 bridgehead atoms. The number of hydrogen-bond donors (Lipinski definition) is 1. The number of hydrogen-bond acceptors (Lipinski definition) is 9. The highest BCUT2D eigenvalue weighted by atomic mass is 127. The topological polar surface area (TPSA) is 112 Å². The van der Waals surface area contributed by atoms with Crippen LogP contribution in [0.1, 0.15) is 26.3 Å². The van der Waals surface area contributed by atoms with Crippen LogP contribution >= 0.6 is 34.4 Å². The van der Waals surface area contributed by atoms with E-state index in [1.54, 1.807) is 20.8 Å². The monoisotopic (exact) mass is 672 g/mol. The van der Waals surface area contributed by atoms with Crippen LogP contribution in [0.2, 0.25) is 0 Å². The number of ether oxygens (including phenoxy) is 4. The van der Waals surface area contributed by atoms with Crippen LogP contribution in [-0.2, 0) is 30.2 Å². The summed E-state index contributed by atoms with van der Waals surface area (Å²) in [5.74, 6) is -2.65. The number of alkyl halides is 1. The van der Waals surface area contributed by atoms with Crippen molar-refractivity contribution in [3.63, 3.8) is 0 Å². The normalized spacial score (nSPS) is 21.9. The van der Waals surface area contributed by atoms with Gasteiger partial charge in [-0.2, -0.15) is 17.7 Å². The number of nitrogens with one attached hydrogen (secondary N) is 1. The predicted molar refractivity (Wildman–Crippen MR) is 141 cm³/mol. The van der Waals surface area contributed by atoms with Crippen LogP contribution in [0.15, 0.2) is 29.4 Å². The summed E-state index contributed by atoms with van der Waals surface area (Å²) < 4.78 is 79.4. The standard InChI is InChI=1S/C22H27F2IN4O6S2/c1-21(2)33-12-16(34-21)22(3,25)35-18-11-17(28-37(30,31)29-7-9-32-10-8-29)26-20(27-18)36-13-14-5-4-6-15(23)19(14)24/h4-6,11,16H,7-10,12-13H2,1-3H3,(H,26,27,28)/t16-,22-/m0/s1. The minimum atomic E-state index is -3.93. The average Bonchev–Trinajstić information content (AvgIpc) is 3.20. The molecule has 4 rings (SSSR count). The van der Waals surface area contributed by atoms with Gasteiger partial charge in [-0.05, 0) is 49.4 Å². The van der Waals surface area contributed by atoms with Crippen LogP contribution in [0.25, 0.3) is 0 Å². The van der Waals surface area contributed by atoms with E-state index in [1.165, 1.54) is 22.5 Å². The van der Waals surface area contributed by atoms with Crippen molar-refractivity contribution in [3.05, 3.63) is 41.5 Å². The molecule has 2 aliphatic rings. The number of halogens is 3. The SMILES string of the molecule is CC1(C)OC[C@@H]([C@@](C)(I)Oc2cc(NS(=O)(=O)N3CCOCC3)nc(SCc3cccc(F)c3F)n2)O1. The highest BCUT2D eigenvalue weighted by molar-refractivity contribution is 14.1. The molecule has 204 valence electrons. The summed E-state index contributed by atoms with van der Waals surface area (Å²) in [7, 11) is -3.93. The van der Waals surface area contributed by atoms with Crippen molar-refractivity contribution in [2.45, 2.75) is 47.2 Å². The van der Waals surface area contributed by atoms with Gasteiger partial charge in [0.25, 0.3) is 0 Å². The second-order valence-corrected chi connectivity index (χ2v) is 13.7. The number of aromatic nitrogens is 2. The number of morpholine rings is 1. The van der Waals surface area contributed by atoms with Crippen molar-refractivity contribution >= 4 is 50.4 Å². The van der Waals surface area contributed by atoms with Gasteiger partial charge >= 0.3 is 10.2 Å². The Morgan fingerprint density at radius 1 is 1.30 bits per heavy atom. The lowest BCUT2D eigenvalue weighted by Crippen LogP contribution is -2.43. The van der Waals surface area contributed by atoms with E-state index in [2.05, 4.69) is 37.3 Å². The number of nitrogens with zero attached hydrogens (tertiary/aromatic N) is 3. The average molecular weight is 673 g/mol. The zero-order chi connectivity index (χ0) is 26.8. The molecule has 0 aliphatic carbocycles. The van der Waals surface area contributed by atoms with Crippen molar-refractivity contribution in [2.75, 3.05) is 37.6 Å². The maximum atomic E-state index is 14.2. The second kappa shape index (κ2) is 11.4. The Bertz CT molecular complexity index is 1230. The molecule has 2 saturated heterocycles. The molecule has 1 N–H and O–H groups in total. The summed E-state index contributed by atoms with van der Waals surface area (Å²) in [6, 6.07) is 5.26. The lowest BCUT2D eigenvalue weighted by Gasteiger charge is -2.30. The summed E-state index contributed by atoms with van der Waals surface area (Å²) in [5, 5.41) is 0.108. The van der Waals surface area contributed by atoms with Gasteiger partial charge < -0.3 is 18.9 Å². The van der Waals surface area contributed by atoms with Crippen LogP contribution in [-0.4, -0.2) is 71.1 Å². The van der Waals surface area contributed by atoms with Crippen LogP contribution in [0.4, 0.5) is 14.6 Å². The van der Waals surface area contributed by atoms with Crippen LogP contribution < -0.4 is 9.46 Å². The van der Waals surface area contributed by atoms with E-state index in [0.717, 1.165) is 17.8 Å². The number of thioether (sulfide) groups is 1. The Morgan fingerprint density at radius 2 is 2.03 bits per heavy atom. The molecule has 3 heterocycles. The lowest BCUT2D eigenvalue weighted by atomic mass is 10.2. The Labute approximate surface area is 232 Å². The predicted octanol–water partition coefficient (Wildman–Crippen LogP) is 3.72. The molecule has 2 aliphatic heterocycles. The smallest absolute Gasteiger partial charge is 0.302 e. The lowest BCUT2D eigenvalue weighted by molar-refractivity contribution is -0.149. The zero-order valence-corrected chi connectivity index (χ0v) is 24.2. The molecule has 0 amide bonds. The van der Waals surface area contributed by atoms with Gasteiger partial charge in [0.1, 0.15) is 11.9 Å². The number of benzene rings is 1.